The van der Waals surface area contributed by atoms with Crippen LogP contribution in [0.4, 0.5) is 73.6 Å². The summed E-state index contributed by atoms with van der Waals surface area (Å²) in [6.45, 7) is 9.94. The van der Waals surface area contributed by atoms with E-state index in [-0.39, 0.29) is 64.8 Å². The Hall–Kier alpha value is -9.25. The molecule has 9 aromatic rings. The number of nitrogens with one attached hydrogen (secondary N) is 3. The van der Waals surface area contributed by atoms with Crippen molar-refractivity contribution < 1.29 is 93.7 Å². The van der Waals surface area contributed by atoms with Crippen LogP contribution >= 0.6 is 81.4 Å². The normalized spacial score (nSPS) is 11.5. The van der Waals surface area contributed by atoms with Crippen LogP contribution in [-0.4, -0.2) is 109 Å². The van der Waals surface area contributed by atoms with E-state index in [1.54, 1.807) is 88.4 Å². The van der Waals surface area contributed by atoms with Gasteiger partial charge in [0, 0.05) is 68.0 Å². The lowest BCUT2D eigenvalue weighted by atomic mass is 10.2. The largest absolute Gasteiger partial charge is 0.476 e. The van der Waals surface area contributed by atoms with Gasteiger partial charge in [-0.15, -0.1) is 0 Å². The first-order valence-electron chi connectivity index (χ1n) is 32.0. The zero-order valence-electron chi connectivity index (χ0n) is 60.1. The van der Waals surface area contributed by atoms with E-state index in [1.807, 2.05) is 18.2 Å². The standard InChI is InChI=1S/C24H22Cl2F3N3O4S.C22H18Cl2F3N3O3S.C15H11Cl2F3N2O5S.C9H13N.2CH4.ClHN4/c1-15(2)32(17-7-5-4-6-8-17)23(33)22-21(11-16(25)13-30-22)31(14-36-3)37(34,35)18-9-10-20(26)19(12-18)24(27,28)29;1-13(2)30(15-6-4-3-5-7-15)21(31)20-19(10-14(23)12-28-20)29-34(32,33)16-8-9-18(24)17(11-16)22(25,26)27;1-27-7-22(12-4-8(16)6-21-13(12)14(23)24)28(25,26)9-2-3-11(17)10(5-9)15(18,19)20;1-8(2)10-9-6-4-3-5-7-9;;;1-3-5-4-2/h4-13,15H,14H2,1-3H3;3-13,29H,1-2H3;2-6H,7H2,1H3,(H,23,24);3-8,10H,1-2H3;2*1H4;2H. The Morgan fingerprint density at radius 2 is 0.836 bits per heavy atom. The van der Waals surface area contributed by atoms with E-state index in [0.29, 0.717) is 44.2 Å². The number of halogens is 16. The van der Waals surface area contributed by atoms with Gasteiger partial charge in [0.25, 0.3) is 41.9 Å². The van der Waals surface area contributed by atoms with Crippen molar-refractivity contribution in [3.8, 4) is 0 Å². The van der Waals surface area contributed by atoms with Crippen molar-refractivity contribution in [1.29, 1.82) is 5.53 Å². The third-order valence-electron chi connectivity index (χ3n) is 14.5. The van der Waals surface area contributed by atoms with Crippen molar-refractivity contribution in [2.24, 2.45) is 15.1 Å². The van der Waals surface area contributed by atoms with Crippen LogP contribution in [-0.2, 0) is 58.1 Å². The zero-order valence-corrected chi connectivity index (χ0v) is 67.9. The fraction of sp³-hybridized carbons (Fsp3) is 0.250. The molecule has 0 aliphatic heterocycles. The molecule has 0 saturated carbocycles. The molecule has 44 heteroatoms. The van der Waals surface area contributed by atoms with Gasteiger partial charge in [0.2, 0.25) is 0 Å². The van der Waals surface area contributed by atoms with Crippen molar-refractivity contribution in [3.63, 3.8) is 0 Å². The third kappa shape index (κ3) is 27.7. The molecule has 3 aromatic heterocycles. The molecule has 0 unspecified atom stereocenters. The number of rotatable bonds is 23. The fourth-order valence-corrected chi connectivity index (χ4v) is 14.8. The first kappa shape index (κ1) is 101. The highest BCUT2D eigenvalue weighted by Gasteiger charge is 2.40. The topological polar surface area (TPSA) is 329 Å². The van der Waals surface area contributed by atoms with E-state index in [1.165, 1.54) is 41.1 Å². The Morgan fingerprint density at radius 1 is 0.500 bits per heavy atom. The van der Waals surface area contributed by atoms with Crippen LogP contribution < -0.4 is 28.4 Å². The van der Waals surface area contributed by atoms with E-state index in [0.717, 1.165) is 61.8 Å². The molecule has 0 fully saturated rings. The first-order valence-corrected chi connectivity index (χ1v) is 39.0. The highest BCUT2D eigenvalue weighted by atomic mass is 35.5. The number of hydrogen-bond acceptors (Lipinski definition) is 17. The predicted molar refractivity (Wildman–Crippen MR) is 429 cm³/mol. The predicted octanol–water partition coefficient (Wildman–Crippen LogP) is 21.7. The number of para-hydroxylation sites is 3. The summed E-state index contributed by atoms with van der Waals surface area (Å²) in [5.74, 6) is -2.87. The molecule has 0 aliphatic carbocycles. The minimum Gasteiger partial charge on any atom is -0.476 e. The summed E-state index contributed by atoms with van der Waals surface area (Å²) in [6, 6.07) is 37.0. The number of pyridine rings is 3. The summed E-state index contributed by atoms with van der Waals surface area (Å²) in [5.41, 5.74) is 1.83. The van der Waals surface area contributed by atoms with Crippen LogP contribution in [0.15, 0.2) is 212 Å². The van der Waals surface area contributed by atoms with Crippen LogP contribution in [0.2, 0.25) is 30.1 Å². The number of nitrogens with zero attached hydrogens (tertiary/aromatic N) is 10. The van der Waals surface area contributed by atoms with Crippen molar-refractivity contribution in [1.82, 2.24) is 15.0 Å². The number of aromatic carboxylic acids is 1. The van der Waals surface area contributed by atoms with Gasteiger partial charge in [-0.2, -0.15) is 45.0 Å². The molecule has 0 spiro atoms. The molecular formula is C72H73Cl7F9N13O12S3. The van der Waals surface area contributed by atoms with Crippen LogP contribution in [0.25, 0.3) is 0 Å². The molecule has 0 atom stereocenters. The molecule has 9 rings (SSSR count). The Morgan fingerprint density at radius 3 is 1.17 bits per heavy atom. The Labute approximate surface area is 698 Å². The molecule has 628 valence electrons. The first-order chi connectivity index (χ1) is 53.2. The molecule has 0 radical (unpaired) electrons. The van der Waals surface area contributed by atoms with E-state index in [2.05, 4.69) is 77.8 Å². The second-order valence-electron chi connectivity index (χ2n) is 23.6. The number of carbonyl (C=O) groups excluding carboxylic acids is 2. The quantitative estimate of drug-likeness (QED) is 0.0200. The SMILES string of the molecule is C.C.CC(C)N(C(=O)c1ncc(Cl)cc1NS(=O)(=O)c1ccc(Cl)c(C(F)(F)F)c1)c1ccccc1.CC(C)Nc1ccccc1.COCN(c1cc(Cl)cnc1C(=O)N(c1ccccc1)C(C)C)S(=O)(=O)c1ccc(Cl)c(C(F)(F)F)c1.COCN(c1cc(Cl)cnc1C(=O)O)S(=O)(=O)c1ccc(Cl)c(C(F)(F)F)c1.N=NN=NCl. The second kappa shape index (κ2) is 44.4. The van der Waals surface area contributed by atoms with Gasteiger partial charge < -0.3 is 29.7 Å². The third-order valence-corrected chi connectivity index (χ3v) is 21.0. The van der Waals surface area contributed by atoms with E-state index in [9.17, 15) is 84.3 Å². The van der Waals surface area contributed by atoms with Gasteiger partial charge in [-0.25, -0.2) is 53.6 Å². The Balaban J connectivity index is 0.000000411. The number of carbonyl (C=O) groups is 3. The van der Waals surface area contributed by atoms with Crippen LogP contribution in [0, 0.1) is 5.53 Å². The number of anilines is 6. The number of ether oxygens (including phenoxy) is 2. The second-order valence-corrected chi connectivity index (χ2v) is 31.7. The van der Waals surface area contributed by atoms with Crippen LogP contribution in [0.5, 0.6) is 0 Å². The van der Waals surface area contributed by atoms with Crippen LogP contribution in [0.3, 0.4) is 0 Å². The number of sulfonamides is 3. The molecular weight excluding hydrogens is 1750 g/mol. The van der Waals surface area contributed by atoms with Crippen molar-refractivity contribution >= 4 is 163 Å². The number of methoxy groups -OCH3 is 2. The maximum absolute atomic E-state index is 13.7. The maximum atomic E-state index is 13.7. The van der Waals surface area contributed by atoms with E-state index >= 15 is 0 Å². The average molecular weight is 1830 g/mol. The summed E-state index contributed by atoms with van der Waals surface area (Å²) in [6.07, 6.45) is -11.4. The van der Waals surface area contributed by atoms with Crippen molar-refractivity contribution in [2.45, 2.75) is 108 Å². The summed E-state index contributed by atoms with van der Waals surface area (Å²) in [4.78, 5) is 50.8. The van der Waals surface area contributed by atoms with Crippen molar-refractivity contribution in [3.05, 3.63) is 246 Å². The maximum Gasteiger partial charge on any atom is 0.417 e. The average Bonchev–Trinajstić information content (AvgIpc) is 0.763. The number of carboxylic acid groups (broad SMARTS) is 1. The highest BCUT2D eigenvalue weighted by Crippen LogP contribution is 2.42. The summed E-state index contributed by atoms with van der Waals surface area (Å²) >= 11 is 39.2. The number of aromatic nitrogens is 3. The Bertz CT molecular complexity index is 5220. The number of alkyl halides is 9. The number of hydrogen-bond donors (Lipinski definition) is 4. The molecule has 0 aliphatic rings. The van der Waals surface area contributed by atoms with E-state index < -0.39 is 138 Å². The number of amides is 2. The molecule has 2 amide bonds. The van der Waals surface area contributed by atoms with Gasteiger partial charge in [0.05, 0.1) is 90.4 Å². The minimum absolute atomic E-state index is 0. The number of benzene rings is 6. The molecule has 6 aromatic carbocycles. The smallest absolute Gasteiger partial charge is 0.417 e. The molecule has 116 heavy (non-hydrogen) atoms. The van der Waals surface area contributed by atoms with E-state index in [4.69, 9.17) is 84.6 Å². The van der Waals surface area contributed by atoms with Gasteiger partial charge in [-0.05, 0) is 161 Å². The summed E-state index contributed by atoms with van der Waals surface area (Å²) < 4.78 is 214. The number of carboxylic acids is 1. The van der Waals surface area contributed by atoms with Gasteiger partial charge in [0.15, 0.2) is 17.1 Å². The lowest BCUT2D eigenvalue weighted by Gasteiger charge is -2.30. The minimum atomic E-state index is -4.90. The molecule has 0 saturated heterocycles. The van der Waals surface area contributed by atoms with Gasteiger partial charge in [0.1, 0.15) is 13.5 Å². The lowest BCUT2D eigenvalue weighted by molar-refractivity contribution is -0.138. The molecule has 4 N–H and O–H groups in total. The molecule has 0 bridgehead atoms. The van der Waals surface area contributed by atoms with Crippen molar-refractivity contribution in [2.75, 3.05) is 56.1 Å². The summed E-state index contributed by atoms with van der Waals surface area (Å²) in [7, 11) is -11.7. The van der Waals surface area contributed by atoms with Gasteiger partial charge in [-0.1, -0.05) is 144 Å². The van der Waals surface area contributed by atoms with Gasteiger partial charge in [-0.3, -0.25) is 14.3 Å². The molecule has 25 nitrogen and oxygen atoms in total. The lowest BCUT2D eigenvalue weighted by Crippen LogP contribution is -2.40. The summed E-state index contributed by atoms with van der Waals surface area (Å²) in [5, 5.41) is 15.6. The van der Waals surface area contributed by atoms with Gasteiger partial charge >= 0.3 is 24.5 Å². The molecule has 3 heterocycles. The highest BCUT2D eigenvalue weighted by molar-refractivity contribution is 7.93. The zero-order chi connectivity index (χ0) is 85.6. The monoisotopic (exact) mass is 1820 g/mol. The fourth-order valence-electron chi connectivity index (χ4n) is 9.73. The Kier molecular flexibility index (Phi) is 38.6. The van der Waals surface area contributed by atoms with Crippen LogP contribution in [0.1, 0.15) is 105 Å².